The van der Waals surface area contributed by atoms with Crippen LogP contribution in [0.15, 0.2) is 24.3 Å². The first-order valence-corrected chi connectivity index (χ1v) is 5.61. The van der Waals surface area contributed by atoms with Crippen molar-refractivity contribution in [2.45, 2.75) is 26.1 Å². The van der Waals surface area contributed by atoms with E-state index in [1.54, 1.807) is 12.1 Å². The molecule has 96 valence electrons. The lowest BCUT2D eigenvalue weighted by atomic mass is 9.98. The van der Waals surface area contributed by atoms with Gasteiger partial charge in [-0.2, -0.15) is 0 Å². The predicted molar refractivity (Wildman–Crippen MR) is 61.6 cm³/mol. The van der Waals surface area contributed by atoms with Crippen LogP contribution in [0.5, 0.6) is 5.75 Å². The standard InChI is InChI=1S/C13H14O5/c1-13(2)17-11(15)10(12(16)18-13)7-8-3-5-9(14)6-4-8/h3-6,10,14H,7H2,1-2H3. The summed E-state index contributed by atoms with van der Waals surface area (Å²) in [6, 6.07) is 6.29. The van der Waals surface area contributed by atoms with Gasteiger partial charge >= 0.3 is 11.9 Å². The SMILES string of the molecule is CC1(C)OC(=O)C(Cc2ccc(O)cc2)C(=O)O1. The fourth-order valence-corrected chi connectivity index (χ4v) is 1.78. The highest BCUT2D eigenvalue weighted by Crippen LogP contribution is 2.25. The molecule has 0 bridgehead atoms. The zero-order valence-corrected chi connectivity index (χ0v) is 10.2. The molecule has 0 atom stereocenters. The van der Waals surface area contributed by atoms with Crippen LogP contribution >= 0.6 is 0 Å². The molecule has 0 aliphatic carbocycles. The fourth-order valence-electron chi connectivity index (χ4n) is 1.78. The molecule has 0 saturated carbocycles. The van der Waals surface area contributed by atoms with Gasteiger partial charge in [0.05, 0.1) is 0 Å². The Morgan fingerprint density at radius 3 is 2.11 bits per heavy atom. The van der Waals surface area contributed by atoms with Crippen molar-refractivity contribution < 1.29 is 24.2 Å². The molecule has 1 N–H and O–H groups in total. The van der Waals surface area contributed by atoms with E-state index in [4.69, 9.17) is 14.6 Å². The van der Waals surface area contributed by atoms with Crippen molar-refractivity contribution in [3.63, 3.8) is 0 Å². The van der Waals surface area contributed by atoms with E-state index in [2.05, 4.69) is 0 Å². The number of hydrogen-bond donors (Lipinski definition) is 1. The fraction of sp³-hybridized carbons (Fsp3) is 0.385. The Labute approximate surface area is 104 Å². The van der Waals surface area contributed by atoms with Crippen LogP contribution in [-0.4, -0.2) is 22.8 Å². The van der Waals surface area contributed by atoms with Crippen molar-refractivity contribution in [1.29, 1.82) is 0 Å². The minimum Gasteiger partial charge on any atom is -0.508 e. The van der Waals surface area contributed by atoms with Crippen molar-refractivity contribution >= 4 is 11.9 Å². The van der Waals surface area contributed by atoms with Crippen LogP contribution in [0.3, 0.4) is 0 Å². The Morgan fingerprint density at radius 2 is 1.61 bits per heavy atom. The van der Waals surface area contributed by atoms with E-state index in [1.807, 2.05) is 0 Å². The minimum absolute atomic E-state index is 0.133. The normalized spacial score (nSPS) is 19.2. The molecular formula is C13H14O5. The second-order valence-corrected chi connectivity index (χ2v) is 4.67. The minimum atomic E-state index is -1.19. The average Bonchev–Trinajstić information content (AvgIpc) is 2.24. The highest BCUT2D eigenvalue weighted by atomic mass is 16.7. The smallest absolute Gasteiger partial charge is 0.323 e. The van der Waals surface area contributed by atoms with Gasteiger partial charge in [0.25, 0.3) is 5.79 Å². The molecule has 5 nitrogen and oxygen atoms in total. The molecule has 1 heterocycles. The number of phenolic OH excluding ortho intramolecular Hbond substituents is 1. The first-order chi connectivity index (χ1) is 8.37. The van der Waals surface area contributed by atoms with E-state index in [0.29, 0.717) is 0 Å². The number of carbonyl (C=O) groups is 2. The van der Waals surface area contributed by atoms with Crippen LogP contribution in [0, 0.1) is 5.92 Å². The zero-order chi connectivity index (χ0) is 13.3. The van der Waals surface area contributed by atoms with E-state index in [0.717, 1.165) is 5.56 Å². The van der Waals surface area contributed by atoms with Crippen molar-refractivity contribution in [3.05, 3.63) is 29.8 Å². The van der Waals surface area contributed by atoms with E-state index in [9.17, 15) is 9.59 Å². The third kappa shape index (κ3) is 2.61. The van der Waals surface area contributed by atoms with Crippen molar-refractivity contribution in [3.8, 4) is 5.75 Å². The quantitative estimate of drug-likeness (QED) is 0.634. The Hall–Kier alpha value is -2.04. The number of rotatable bonds is 2. The molecule has 1 saturated heterocycles. The number of phenols is 1. The third-order valence-electron chi connectivity index (χ3n) is 2.64. The molecule has 1 aliphatic heterocycles. The van der Waals surface area contributed by atoms with Crippen molar-refractivity contribution in [2.24, 2.45) is 5.92 Å². The van der Waals surface area contributed by atoms with E-state index in [1.165, 1.54) is 26.0 Å². The van der Waals surface area contributed by atoms with Gasteiger partial charge in [-0.25, -0.2) is 0 Å². The number of cyclic esters (lactones) is 2. The zero-order valence-electron chi connectivity index (χ0n) is 10.2. The van der Waals surface area contributed by atoms with Crippen molar-refractivity contribution in [2.75, 3.05) is 0 Å². The van der Waals surface area contributed by atoms with E-state index in [-0.39, 0.29) is 12.2 Å². The molecule has 0 aromatic heterocycles. The maximum absolute atomic E-state index is 11.7. The number of esters is 2. The Morgan fingerprint density at radius 1 is 1.11 bits per heavy atom. The summed E-state index contributed by atoms with van der Waals surface area (Å²) in [4.78, 5) is 23.4. The Balaban J connectivity index is 2.12. The van der Waals surface area contributed by atoms with E-state index < -0.39 is 23.6 Å². The van der Waals surface area contributed by atoms with Crippen LogP contribution < -0.4 is 0 Å². The summed E-state index contributed by atoms with van der Waals surface area (Å²) in [7, 11) is 0. The molecule has 18 heavy (non-hydrogen) atoms. The maximum atomic E-state index is 11.7. The van der Waals surface area contributed by atoms with Crippen LogP contribution in [0.25, 0.3) is 0 Å². The van der Waals surface area contributed by atoms with E-state index >= 15 is 0 Å². The molecule has 1 aromatic rings. The topological polar surface area (TPSA) is 72.8 Å². The van der Waals surface area contributed by atoms with Gasteiger partial charge in [-0.05, 0) is 24.1 Å². The van der Waals surface area contributed by atoms with Gasteiger partial charge in [0.2, 0.25) is 0 Å². The third-order valence-corrected chi connectivity index (χ3v) is 2.64. The molecular weight excluding hydrogens is 236 g/mol. The summed E-state index contributed by atoms with van der Waals surface area (Å²) in [6.07, 6.45) is 0.202. The molecule has 1 fully saturated rings. The van der Waals surface area contributed by atoms with Gasteiger partial charge in [0, 0.05) is 13.8 Å². The van der Waals surface area contributed by atoms with Crippen LogP contribution in [0.2, 0.25) is 0 Å². The second-order valence-electron chi connectivity index (χ2n) is 4.67. The Kier molecular flexibility index (Phi) is 2.98. The highest BCUT2D eigenvalue weighted by Gasteiger charge is 2.42. The summed E-state index contributed by atoms with van der Waals surface area (Å²) in [5.41, 5.74) is 0.756. The summed E-state index contributed by atoms with van der Waals surface area (Å²) < 4.78 is 10.0. The van der Waals surface area contributed by atoms with Crippen LogP contribution in [0.4, 0.5) is 0 Å². The first-order valence-electron chi connectivity index (χ1n) is 5.61. The Bertz CT molecular complexity index is 455. The number of hydrogen-bond acceptors (Lipinski definition) is 5. The molecule has 1 aromatic carbocycles. The lowest BCUT2D eigenvalue weighted by molar-refractivity contribution is -0.239. The number of benzene rings is 1. The van der Waals surface area contributed by atoms with Crippen LogP contribution in [0.1, 0.15) is 19.4 Å². The van der Waals surface area contributed by atoms with Gasteiger partial charge in [-0.1, -0.05) is 12.1 Å². The molecule has 1 aliphatic rings. The summed E-state index contributed by atoms with van der Waals surface area (Å²) >= 11 is 0. The van der Waals surface area contributed by atoms with Gasteiger partial charge in [0.15, 0.2) is 5.92 Å². The van der Waals surface area contributed by atoms with Gasteiger partial charge in [-0.15, -0.1) is 0 Å². The highest BCUT2D eigenvalue weighted by molar-refractivity contribution is 5.96. The van der Waals surface area contributed by atoms with Crippen LogP contribution in [-0.2, 0) is 25.5 Å². The molecule has 0 amide bonds. The maximum Gasteiger partial charge on any atom is 0.323 e. The lowest BCUT2D eigenvalue weighted by Gasteiger charge is -2.32. The number of aromatic hydroxyl groups is 1. The first kappa shape index (κ1) is 12.4. The van der Waals surface area contributed by atoms with Gasteiger partial charge < -0.3 is 14.6 Å². The monoisotopic (exact) mass is 250 g/mol. The summed E-state index contributed by atoms with van der Waals surface area (Å²) in [6.45, 7) is 3.03. The number of carbonyl (C=O) groups excluding carboxylic acids is 2. The predicted octanol–water partition coefficient (Wildman–Crippen LogP) is 1.39. The lowest BCUT2D eigenvalue weighted by Crippen LogP contribution is -2.46. The molecule has 0 spiro atoms. The molecule has 0 radical (unpaired) electrons. The largest absolute Gasteiger partial charge is 0.508 e. The molecule has 5 heteroatoms. The van der Waals surface area contributed by atoms with Gasteiger partial charge in [0.1, 0.15) is 5.75 Å². The van der Waals surface area contributed by atoms with Crippen molar-refractivity contribution in [1.82, 2.24) is 0 Å². The molecule has 0 unspecified atom stereocenters. The van der Waals surface area contributed by atoms with Gasteiger partial charge in [-0.3, -0.25) is 9.59 Å². The number of ether oxygens (including phenoxy) is 2. The second kappa shape index (κ2) is 4.33. The molecule has 2 rings (SSSR count). The average molecular weight is 250 g/mol. The summed E-state index contributed by atoms with van der Waals surface area (Å²) in [5, 5.41) is 9.15. The summed E-state index contributed by atoms with van der Waals surface area (Å²) in [5.74, 6) is -3.16.